The van der Waals surface area contributed by atoms with Crippen molar-refractivity contribution in [3.05, 3.63) is 0 Å². The second kappa shape index (κ2) is 6.00. The van der Waals surface area contributed by atoms with Gasteiger partial charge in [-0.25, -0.2) is 0 Å². The van der Waals surface area contributed by atoms with Crippen LogP contribution in [0.4, 0.5) is 0 Å². The average molecular weight is 172 g/mol. The first kappa shape index (κ1) is 11.4. The van der Waals surface area contributed by atoms with Crippen molar-refractivity contribution in [2.45, 2.75) is 33.2 Å². The molecular weight excluding hydrogens is 152 g/mol. The van der Waals surface area contributed by atoms with E-state index in [2.05, 4.69) is 17.1 Å². The van der Waals surface area contributed by atoms with Gasteiger partial charge in [-0.3, -0.25) is 4.79 Å². The van der Waals surface area contributed by atoms with Gasteiger partial charge in [-0.2, -0.15) is 0 Å². The van der Waals surface area contributed by atoms with E-state index in [0.29, 0.717) is 6.42 Å². The molecule has 0 aromatic carbocycles. The molecule has 12 heavy (non-hydrogen) atoms. The summed E-state index contributed by atoms with van der Waals surface area (Å²) < 4.78 is 0. The van der Waals surface area contributed by atoms with E-state index in [1.807, 2.05) is 20.9 Å². The van der Waals surface area contributed by atoms with Gasteiger partial charge in [0.2, 0.25) is 5.91 Å². The fourth-order valence-corrected chi connectivity index (χ4v) is 0.845. The molecule has 3 nitrogen and oxygen atoms in total. The summed E-state index contributed by atoms with van der Waals surface area (Å²) in [6.45, 7) is 7.87. The van der Waals surface area contributed by atoms with Gasteiger partial charge in [-0.15, -0.1) is 0 Å². The SMILES string of the molecule is CCN(C)CCC(=O)NC(C)C. The molecule has 0 aromatic heterocycles. The van der Waals surface area contributed by atoms with Crippen LogP contribution in [0.15, 0.2) is 0 Å². The van der Waals surface area contributed by atoms with Crippen LogP contribution in [0.3, 0.4) is 0 Å². The molecule has 0 atom stereocenters. The monoisotopic (exact) mass is 172 g/mol. The van der Waals surface area contributed by atoms with Crippen LogP contribution < -0.4 is 5.32 Å². The smallest absolute Gasteiger partial charge is 0.221 e. The minimum atomic E-state index is 0.144. The maximum absolute atomic E-state index is 11.1. The highest BCUT2D eigenvalue weighted by molar-refractivity contribution is 5.76. The topological polar surface area (TPSA) is 32.3 Å². The first-order valence-corrected chi connectivity index (χ1v) is 4.54. The van der Waals surface area contributed by atoms with Crippen molar-refractivity contribution in [2.75, 3.05) is 20.1 Å². The number of carbonyl (C=O) groups excluding carboxylic acids is 1. The largest absolute Gasteiger partial charge is 0.354 e. The first-order chi connectivity index (χ1) is 5.56. The third-order valence-electron chi connectivity index (χ3n) is 1.71. The van der Waals surface area contributed by atoms with Gasteiger partial charge in [0.05, 0.1) is 0 Å². The molecule has 0 fully saturated rings. The minimum absolute atomic E-state index is 0.144. The molecule has 0 aromatic rings. The van der Waals surface area contributed by atoms with Crippen molar-refractivity contribution in [1.82, 2.24) is 10.2 Å². The molecule has 1 amide bonds. The number of nitrogens with zero attached hydrogens (tertiary/aromatic N) is 1. The lowest BCUT2D eigenvalue weighted by molar-refractivity contribution is -0.121. The molecule has 72 valence electrons. The predicted molar refractivity (Wildman–Crippen MR) is 51.1 cm³/mol. The highest BCUT2D eigenvalue weighted by Crippen LogP contribution is 1.88. The van der Waals surface area contributed by atoms with E-state index in [0.717, 1.165) is 13.1 Å². The van der Waals surface area contributed by atoms with Crippen LogP contribution in [0.1, 0.15) is 27.2 Å². The van der Waals surface area contributed by atoms with Crippen LogP contribution in [-0.4, -0.2) is 37.0 Å². The maximum Gasteiger partial charge on any atom is 0.221 e. The molecule has 0 aliphatic heterocycles. The zero-order chi connectivity index (χ0) is 9.56. The van der Waals surface area contributed by atoms with Crippen molar-refractivity contribution in [2.24, 2.45) is 0 Å². The van der Waals surface area contributed by atoms with Gasteiger partial charge < -0.3 is 10.2 Å². The zero-order valence-corrected chi connectivity index (χ0v) is 8.55. The first-order valence-electron chi connectivity index (χ1n) is 4.54. The lowest BCUT2D eigenvalue weighted by Gasteiger charge is -2.14. The fraction of sp³-hybridized carbons (Fsp3) is 0.889. The van der Waals surface area contributed by atoms with Crippen molar-refractivity contribution < 1.29 is 4.79 Å². The van der Waals surface area contributed by atoms with E-state index in [1.165, 1.54) is 0 Å². The number of hydrogen-bond donors (Lipinski definition) is 1. The lowest BCUT2D eigenvalue weighted by atomic mass is 10.3. The van der Waals surface area contributed by atoms with Gasteiger partial charge in [0.1, 0.15) is 0 Å². The molecule has 0 rings (SSSR count). The Morgan fingerprint density at radius 3 is 2.50 bits per heavy atom. The van der Waals surface area contributed by atoms with E-state index in [-0.39, 0.29) is 11.9 Å². The summed E-state index contributed by atoms with van der Waals surface area (Å²) in [7, 11) is 2.02. The fourth-order valence-electron chi connectivity index (χ4n) is 0.845. The van der Waals surface area contributed by atoms with Gasteiger partial charge in [-0.1, -0.05) is 6.92 Å². The summed E-state index contributed by atoms with van der Waals surface area (Å²) in [4.78, 5) is 13.3. The second-order valence-electron chi connectivity index (χ2n) is 3.37. The van der Waals surface area contributed by atoms with E-state index < -0.39 is 0 Å². The van der Waals surface area contributed by atoms with Gasteiger partial charge in [0.15, 0.2) is 0 Å². The Morgan fingerprint density at radius 2 is 2.08 bits per heavy atom. The van der Waals surface area contributed by atoms with Gasteiger partial charge in [0.25, 0.3) is 0 Å². The van der Waals surface area contributed by atoms with Crippen LogP contribution in [0.25, 0.3) is 0 Å². The number of rotatable bonds is 5. The normalized spacial score (nSPS) is 10.8. The summed E-state index contributed by atoms with van der Waals surface area (Å²) >= 11 is 0. The van der Waals surface area contributed by atoms with Gasteiger partial charge in [0, 0.05) is 19.0 Å². The van der Waals surface area contributed by atoms with Gasteiger partial charge >= 0.3 is 0 Å². The Morgan fingerprint density at radius 1 is 1.50 bits per heavy atom. The Bertz CT molecular complexity index is 134. The molecule has 0 saturated heterocycles. The molecule has 3 heteroatoms. The molecule has 0 radical (unpaired) electrons. The van der Waals surface area contributed by atoms with Crippen molar-refractivity contribution in [3.63, 3.8) is 0 Å². The van der Waals surface area contributed by atoms with E-state index in [4.69, 9.17) is 0 Å². The standard InChI is InChI=1S/C9H20N2O/c1-5-11(4)7-6-9(12)10-8(2)3/h8H,5-7H2,1-4H3,(H,10,12). The lowest BCUT2D eigenvalue weighted by Crippen LogP contribution is -2.33. The van der Waals surface area contributed by atoms with Crippen LogP contribution in [0.5, 0.6) is 0 Å². The van der Waals surface area contributed by atoms with Crippen LogP contribution in [0, 0.1) is 0 Å². The summed E-state index contributed by atoms with van der Waals surface area (Å²) in [6.07, 6.45) is 0.600. The van der Waals surface area contributed by atoms with Crippen LogP contribution in [0.2, 0.25) is 0 Å². The Balaban J connectivity index is 3.44. The quantitative estimate of drug-likeness (QED) is 0.667. The molecule has 0 aliphatic rings. The number of amides is 1. The number of nitrogens with one attached hydrogen (secondary N) is 1. The average Bonchev–Trinajstić information content (AvgIpc) is 1.99. The summed E-state index contributed by atoms with van der Waals surface area (Å²) in [5, 5.41) is 2.86. The molecule has 0 heterocycles. The summed E-state index contributed by atoms with van der Waals surface area (Å²) in [5.41, 5.74) is 0. The predicted octanol–water partition coefficient (Wildman–Crippen LogP) is 0.853. The Kier molecular flexibility index (Phi) is 5.72. The highest BCUT2D eigenvalue weighted by atomic mass is 16.1. The number of carbonyl (C=O) groups is 1. The van der Waals surface area contributed by atoms with E-state index >= 15 is 0 Å². The van der Waals surface area contributed by atoms with E-state index in [9.17, 15) is 4.79 Å². The Hall–Kier alpha value is -0.570. The molecule has 0 aliphatic carbocycles. The van der Waals surface area contributed by atoms with Crippen molar-refractivity contribution >= 4 is 5.91 Å². The minimum Gasteiger partial charge on any atom is -0.354 e. The van der Waals surface area contributed by atoms with Gasteiger partial charge in [-0.05, 0) is 27.4 Å². The third kappa shape index (κ3) is 6.16. The highest BCUT2D eigenvalue weighted by Gasteiger charge is 2.03. The van der Waals surface area contributed by atoms with Crippen molar-refractivity contribution in [3.8, 4) is 0 Å². The zero-order valence-electron chi connectivity index (χ0n) is 8.55. The number of hydrogen-bond acceptors (Lipinski definition) is 2. The molecule has 1 N–H and O–H groups in total. The molecule has 0 spiro atoms. The van der Waals surface area contributed by atoms with Crippen molar-refractivity contribution in [1.29, 1.82) is 0 Å². The second-order valence-corrected chi connectivity index (χ2v) is 3.37. The molecule has 0 saturated carbocycles. The molecule has 0 bridgehead atoms. The molecular formula is C9H20N2O. The summed E-state index contributed by atoms with van der Waals surface area (Å²) in [5.74, 6) is 0.144. The summed E-state index contributed by atoms with van der Waals surface area (Å²) in [6, 6.07) is 0.254. The third-order valence-corrected chi connectivity index (χ3v) is 1.71. The van der Waals surface area contributed by atoms with E-state index in [1.54, 1.807) is 0 Å². The maximum atomic E-state index is 11.1. The Labute approximate surface area is 75.1 Å². The molecule has 0 unspecified atom stereocenters. The van der Waals surface area contributed by atoms with Crippen LogP contribution in [-0.2, 0) is 4.79 Å². The van der Waals surface area contributed by atoms with Crippen LogP contribution >= 0.6 is 0 Å².